The van der Waals surface area contributed by atoms with Crippen LogP contribution in [0.4, 0.5) is 0 Å². The van der Waals surface area contributed by atoms with Crippen LogP contribution in [0.25, 0.3) is 0 Å². The van der Waals surface area contributed by atoms with E-state index in [4.69, 9.17) is 9.63 Å². The van der Waals surface area contributed by atoms with Crippen LogP contribution in [-0.4, -0.2) is 40.6 Å². The number of aliphatic carboxylic acids is 1. The average Bonchev–Trinajstić information content (AvgIpc) is 2.63. The highest BCUT2D eigenvalue weighted by molar-refractivity contribution is 5.91. The topological polar surface area (TPSA) is 83.6 Å². The first-order chi connectivity index (χ1) is 7.50. The quantitative estimate of drug-likeness (QED) is 0.807. The second-order valence-electron chi connectivity index (χ2n) is 3.56. The molecule has 0 radical (unpaired) electrons. The van der Waals surface area contributed by atoms with Crippen molar-refractivity contribution in [2.24, 2.45) is 0 Å². The Morgan fingerprint density at radius 3 is 2.75 bits per heavy atom. The molecule has 6 heteroatoms. The minimum atomic E-state index is -0.864. The predicted molar refractivity (Wildman–Crippen MR) is 55.1 cm³/mol. The zero-order chi connectivity index (χ0) is 12.1. The summed E-state index contributed by atoms with van der Waals surface area (Å²) in [5, 5.41) is 12.1. The van der Waals surface area contributed by atoms with Gasteiger partial charge in [-0.05, 0) is 13.3 Å². The summed E-state index contributed by atoms with van der Waals surface area (Å²) in [6, 6.07) is 1.55. The van der Waals surface area contributed by atoms with E-state index in [1.165, 1.54) is 4.90 Å². The van der Waals surface area contributed by atoms with Crippen LogP contribution in [0.1, 0.15) is 29.1 Å². The highest BCUT2D eigenvalue weighted by Gasteiger charge is 2.16. The molecule has 1 rings (SSSR count). The third-order valence-electron chi connectivity index (χ3n) is 2.07. The van der Waals surface area contributed by atoms with E-state index >= 15 is 0 Å². The number of hydrogen-bond donors (Lipinski definition) is 1. The molecular formula is C10H14N2O4. The predicted octanol–water partition coefficient (Wildman–Crippen LogP) is 0.920. The van der Waals surface area contributed by atoms with Crippen molar-refractivity contribution in [1.82, 2.24) is 10.1 Å². The van der Waals surface area contributed by atoms with E-state index in [-0.39, 0.29) is 18.1 Å². The van der Waals surface area contributed by atoms with Gasteiger partial charge >= 0.3 is 5.97 Å². The largest absolute Gasteiger partial charge is 0.481 e. The minimum Gasteiger partial charge on any atom is -0.481 e. The molecule has 1 aromatic rings. The third kappa shape index (κ3) is 3.38. The van der Waals surface area contributed by atoms with Crippen LogP contribution in [0.2, 0.25) is 0 Å². The maximum Gasteiger partial charge on any atom is 0.303 e. The Kier molecular flexibility index (Phi) is 4.04. The third-order valence-corrected chi connectivity index (χ3v) is 2.07. The molecule has 0 aliphatic carbocycles. The van der Waals surface area contributed by atoms with Gasteiger partial charge in [0.05, 0.1) is 5.69 Å². The van der Waals surface area contributed by atoms with Gasteiger partial charge in [-0.3, -0.25) is 9.59 Å². The van der Waals surface area contributed by atoms with Gasteiger partial charge in [0.2, 0.25) is 5.76 Å². The molecule has 0 atom stereocenters. The molecule has 0 unspecified atom stereocenters. The zero-order valence-electron chi connectivity index (χ0n) is 9.27. The number of hydrogen-bond acceptors (Lipinski definition) is 4. The molecular weight excluding hydrogens is 212 g/mol. The van der Waals surface area contributed by atoms with Crippen molar-refractivity contribution in [2.45, 2.75) is 19.8 Å². The van der Waals surface area contributed by atoms with Crippen LogP contribution in [-0.2, 0) is 4.79 Å². The number of carboxylic acid groups (broad SMARTS) is 1. The van der Waals surface area contributed by atoms with Gasteiger partial charge in [-0.1, -0.05) is 5.16 Å². The number of aromatic nitrogens is 1. The molecule has 88 valence electrons. The molecule has 1 N–H and O–H groups in total. The molecule has 1 heterocycles. The van der Waals surface area contributed by atoms with Crippen molar-refractivity contribution >= 4 is 11.9 Å². The standard InChI is InChI=1S/C10H14N2O4/c1-7-6-8(16-11-7)10(15)12(2)5-3-4-9(13)14/h6H,3-5H2,1-2H3,(H,13,14). The second kappa shape index (κ2) is 5.29. The Hall–Kier alpha value is -1.85. The van der Waals surface area contributed by atoms with Gasteiger partial charge in [0.15, 0.2) is 0 Å². The maximum absolute atomic E-state index is 11.7. The van der Waals surface area contributed by atoms with E-state index in [2.05, 4.69) is 5.16 Å². The molecule has 0 aliphatic heterocycles. The fourth-order valence-corrected chi connectivity index (χ4v) is 1.22. The number of rotatable bonds is 5. The Morgan fingerprint density at radius 2 is 2.25 bits per heavy atom. The SMILES string of the molecule is Cc1cc(C(=O)N(C)CCCC(=O)O)on1. The Morgan fingerprint density at radius 1 is 1.56 bits per heavy atom. The van der Waals surface area contributed by atoms with Crippen LogP contribution >= 0.6 is 0 Å². The molecule has 0 saturated heterocycles. The lowest BCUT2D eigenvalue weighted by molar-refractivity contribution is -0.137. The molecule has 0 spiro atoms. The normalized spacial score (nSPS) is 10.1. The summed E-state index contributed by atoms with van der Waals surface area (Å²) in [5.41, 5.74) is 0.641. The van der Waals surface area contributed by atoms with Crippen LogP contribution in [0, 0.1) is 6.92 Å². The fraction of sp³-hybridized carbons (Fsp3) is 0.500. The lowest BCUT2D eigenvalue weighted by atomic mass is 10.3. The smallest absolute Gasteiger partial charge is 0.303 e. The minimum absolute atomic E-state index is 0.0487. The van der Waals surface area contributed by atoms with Crippen molar-refractivity contribution in [3.05, 3.63) is 17.5 Å². The number of carbonyl (C=O) groups is 2. The van der Waals surface area contributed by atoms with Crippen molar-refractivity contribution in [2.75, 3.05) is 13.6 Å². The zero-order valence-corrected chi connectivity index (χ0v) is 9.27. The monoisotopic (exact) mass is 226 g/mol. The Balaban J connectivity index is 2.45. The van der Waals surface area contributed by atoms with E-state index in [9.17, 15) is 9.59 Å². The summed E-state index contributed by atoms with van der Waals surface area (Å²) in [6.45, 7) is 2.11. The highest BCUT2D eigenvalue weighted by atomic mass is 16.5. The van der Waals surface area contributed by atoms with Crippen molar-refractivity contribution < 1.29 is 19.2 Å². The van der Waals surface area contributed by atoms with Gasteiger partial charge in [-0.2, -0.15) is 0 Å². The average molecular weight is 226 g/mol. The maximum atomic E-state index is 11.7. The molecule has 1 amide bonds. The highest BCUT2D eigenvalue weighted by Crippen LogP contribution is 2.06. The molecule has 16 heavy (non-hydrogen) atoms. The molecule has 0 fully saturated rings. The number of nitrogens with zero attached hydrogens (tertiary/aromatic N) is 2. The van der Waals surface area contributed by atoms with Crippen LogP contribution in [0.15, 0.2) is 10.6 Å². The summed E-state index contributed by atoms with van der Waals surface area (Å²) < 4.78 is 4.82. The molecule has 0 bridgehead atoms. The van der Waals surface area contributed by atoms with E-state index in [1.807, 2.05) is 0 Å². The van der Waals surface area contributed by atoms with E-state index in [0.717, 1.165) is 0 Å². The summed E-state index contributed by atoms with van der Waals surface area (Å²) in [7, 11) is 1.60. The first-order valence-electron chi connectivity index (χ1n) is 4.91. The summed E-state index contributed by atoms with van der Waals surface area (Å²) in [4.78, 5) is 23.4. The number of aryl methyl sites for hydroxylation is 1. The molecule has 1 aromatic heterocycles. The lowest BCUT2D eigenvalue weighted by Gasteiger charge is -2.14. The first kappa shape index (κ1) is 12.2. The van der Waals surface area contributed by atoms with Gasteiger partial charge in [-0.15, -0.1) is 0 Å². The van der Waals surface area contributed by atoms with Gasteiger partial charge in [-0.25, -0.2) is 0 Å². The number of carboxylic acids is 1. The summed E-state index contributed by atoms with van der Waals surface area (Å²) >= 11 is 0. The van der Waals surface area contributed by atoms with E-state index in [0.29, 0.717) is 18.7 Å². The fourth-order valence-electron chi connectivity index (χ4n) is 1.22. The molecule has 0 aliphatic rings. The van der Waals surface area contributed by atoms with Crippen molar-refractivity contribution in [1.29, 1.82) is 0 Å². The second-order valence-corrected chi connectivity index (χ2v) is 3.56. The number of carbonyl (C=O) groups excluding carboxylic acids is 1. The molecule has 0 saturated carbocycles. The van der Waals surface area contributed by atoms with E-state index in [1.54, 1.807) is 20.0 Å². The lowest BCUT2D eigenvalue weighted by Crippen LogP contribution is -2.27. The van der Waals surface area contributed by atoms with Crippen LogP contribution in [0.3, 0.4) is 0 Å². The van der Waals surface area contributed by atoms with Gasteiger partial charge in [0.1, 0.15) is 0 Å². The van der Waals surface area contributed by atoms with Crippen LogP contribution < -0.4 is 0 Å². The molecule has 6 nitrogen and oxygen atoms in total. The van der Waals surface area contributed by atoms with Crippen LogP contribution in [0.5, 0.6) is 0 Å². The van der Waals surface area contributed by atoms with Gasteiger partial charge in [0, 0.05) is 26.1 Å². The van der Waals surface area contributed by atoms with E-state index < -0.39 is 5.97 Å². The van der Waals surface area contributed by atoms with Gasteiger partial charge < -0.3 is 14.5 Å². The Bertz CT molecular complexity index is 386. The summed E-state index contributed by atoms with van der Waals surface area (Å²) in [6.07, 6.45) is 0.470. The summed E-state index contributed by atoms with van der Waals surface area (Å²) in [5.74, 6) is -0.974. The van der Waals surface area contributed by atoms with Crippen molar-refractivity contribution in [3.63, 3.8) is 0 Å². The number of amides is 1. The molecule has 0 aromatic carbocycles. The van der Waals surface area contributed by atoms with Crippen molar-refractivity contribution in [3.8, 4) is 0 Å². The first-order valence-corrected chi connectivity index (χ1v) is 4.91. The Labute approximate surface area is 92.8 Å². The van der Waals surface area contributed by atoms with Gasteiger partial charge in [0.25, 0.3) is 5.91 Å².